The summed E-state index contributed by atoms with van der Waals surface area (Å²) in [7, 11) is -2.75. The molecule has 0 radical (unpaired) electrons. The minimum absolute atomic E-state index is 0.0651. The van der Waals surface area contributed by atoms with E-state index in [0.717, 1.165) is 0 Å². The first kappa shape index (κ1) is 20.2. The second-order valence-corrected chi connectivity index (χ2v) is 7.37. The smallest absolute Gasteiger partial charge is 0.339 e. The van der Waals surface area contributed by atoms with Crippen LogP contribution in [-0.4, -0.2) is 26.4 Å². The number of hydrogen-bond donors (Lipinski definition) is 1. The molecule has 0 bridgehead atoms. The Bertz CT molecular complexity index is 1120. The lowest BCUT2D eigenvalue weighted by molar-refractivity contribution is -0.114. The van der Waals surface area contributed by atoms with Crippen LogP contribution < -0.4 is 19.0 Å². The normalized spacial score (nSPS) is 10.8. The zero-order valence-electron chi connectivity index (χ0n) is 15.7. The van der Waals surface area contributed by atoms with Crippen LogP contribution in [0.2, 0.25) is 0 Å². The number of aromatic nitrogens is 1. The fraction of sp³-hybridized carbons (Fsp3) is 0.100. The Hall–Kier alpha value is -3.59. The number of rotatable bonds is 7. The van der Waals surface area contributed by atoms with Gasteiger partial charge in [0.2, 0.25) is 11.8 Å². The third-order valence-electron chi connectivity index (χ3n) is 3.64. The zero-order chi connectivity index (χ0) is 20.9. The molecule has 0 saturated carbocycles. The van der Waals surface area contributed by atoms with Crippen molar-refractivity contribution in [2.75, 3.05) is 12.4 Å². The van der Waals surface area contributed by atoms with Gasteiger partial charge < -0.3 is 19.0 Å². The fourth-order valence-electron chi connectivity index (χ4n) is 2.42. The molecule has 0 aliphatic rings. The number of hydrogen-bond acceptors (Lipinski definition) is 7. The van der Waals surface area contributed by atoms with E-state index in [9.17, 15) is 13.2 Å². The predicted molar refractivity (Wildman–Crippen MR) is 106 cm³/mol. The first-order chi connectivity index (χ1) is 13.9. The van der Waals surface area contributed by atoms with Crippen LogP contribution in [0.15, 0.2) is 71.8 Å². The van der Waals surface area contributed by atoms with E-state index in [2.05, 4.69) is 10.3 Å². The van der Waals surface area contributed by atoms with Gasteiger partial charge in [-0.1, -0.05) is 12.1 Å². The lowest BCUT2D eigenvalue weighted by atomic mass is 10.3. The number of carbonyl (C=O) groups is 1. The molecule has 3 rings (SSSR count). The van der Waals surface area contributed by atoms with Gasteiger partial charge >= 0.3 is 10.1 Å². The Kier molecular flexibility index (Phi) is 5.99. The SMILES string of the molecule is COc1ccc(S(=O)(=O)Oc2cccc(Oc3ccccn3)c2)cc1NC(C)=O. The molecule has 0 unspecified atom stereocenters. The van der Waals surface area contributed by atoms with Crippen LogP contribution in [0.4, 0.5) is 5.69 Å². The van der Waals surface area contributed by atoms with E-state index < -0.39 is 10.1 Å². The van der Waals surface area contributed by atoms with Crippen molar-refractivity contribution in [1.29, 1.82) is 0 Å². The average molecular weight is 414 g/mol. The quantitative estimate of drug-likeness (QED) is 0.589. The molecule has 0 aliphatic heterocycles. The minimum Gasteiger partial charge on any atom is -0.495 e. The largest absolute Gasteiger partial charge is 0.495 e. The van der Waals surface area contributed by atoms with Crippen LogP contribution in [0.3, 0.4) is 0 Å². The second kappa shape index (κ2) is 8.61. The van der Waals surface area contributed by atoms with Crippen LogP contribution in [-0.2, 0) is 14.9 Å². The van der Waals surface area contributed by atoms with E-state index >= 15 is 0 Å². The van der Waals surface area contributed by atoms with Crippen molar-refractivity contribution >= 4 is 21.7 Å². The Morgan fingerprint density at radius 3 is 2.48 bits per heavy atom. The van der Waals surface area contributed by atoms with E-state index in [0.29, 0.717) is 17.4 Å². The Balaban J connectivity index is 1.84. The van der Waals surface area contributed by atoms with Gasteiger partial charge in [-0.25, -0.2) is 4.98 Å². The molecule has 1 amide bonds. The molecule has 3 aromatic rings. The summed E-state index contributed by atoms with van der Waals surface area (Å²) in [6.45, 7) is 1.31. The van der Waals surface area contributed by atoms with E-state index in [-0.39, 0.29) is 22.2 Å². The first-order valence-electron chi connectivity index (χ1n) is 8.46. The van der Waals surface area contributed by atoms with Crippen molar-refractivity contribution in [2.24, 2.45) is 0 Å². The van der Waals surface area contributed by atoms with E-state index in [1.165, 1.54) is 44.4 Å². The highest BCUT2D eigenvalue weighted by Gasteiger charge is 2.20. The van der Waals surface area contributed by atoms with Crippen LogP contribution >= 0.6 is 0 Å². The summed E-state index contributed by atoms with van der Waals surface area (Å²) in [5.74, 6) is 0.756. The van der Waals surface area contributed by atoms with Crippen molar-refractivity contribution < 1.29 is 26.9 Å². The van der Waals surface area contributed by atoms with Crippen LogP contribution in [0.5, 0.6) is 23.1 Å². The summed E-state index contributed by atoms with van der Waals surface area (Å²) < 4.78 is 41.3. The molecular formula is C20H18N2O6S. The van der Waals surface area contributed by atoms with Crippen LogP contribution in [0.25, 0.3) is 0 Å². The van der Waals surface area contributed by atoms with E-state index in [4.69, 9.17) is 13.7 Å². The third-order valence-corrected chi connectivity index (χ3v) is 4.89. The van der Waals surface area contributed by atoms with Crippen molar-refractivity contribution in [3.05, 3.63) is 66.9 Å². The van der Waals surface area contributed by atoms with Crippen molar-refractivity contribution in [2.45, 2.75) is 11.8 Å². The molecule has 0 spiro atoms. The summed E-state index contributed by atoms with van der Waals surface area (Å²) in [4.78, 5) is 15.3. The summed E-state index contributed by atoms with van der Waals surface area (Å²) in [6, 6.07) is 15.4. The number of nitrogens with zero attached hydrogens (tertiary/aromatic N) is 1. The molecule has 0 atom stereocenters. The first-order valence-corrected chi connectivity index (χ1v) is 9.87. The Labute approximate surface area is 168 Å². The summed E-state index contributed by atoms with van der Waals surface area (Å²) >= 11 is 0. The molecule has 29 heavy (non-hydrogen) atoms. The molecule has 0 aliphatic carbocycles. The molecule has 150 valence electrons. The number of nitrogens with one attached hydrogen (secondary N) is 1. The zero-order valence-corrected chi connectivity index (χ0v) is 16.5. The number of methoxy groups -OCH3 is 1. The van der Waals surface area contributed by atoms with Crippen LogP contribution in [0.1, 0.15) is 6.92 Å². The topological polar surface area (TPSA) is 104 Å². The van der Waals surface area contributed by atoms with Gasteiger partial charge in [-0.15, -0.1) is 0 Å². The molecule has 8 nitrogen and oxygen atoms in total. The molecule has 1 heterocycles. The number of benzene rings is 2. The van der Waals surface area contributed by atoms with Crippen LogP contribution in [0, 0.1) is 0 Å². The predicted octanol–water partition coefficient (Wildman–Crippen LogP) is 3.61. The molecule has 2 aromatic carbocycles. The number of ether oxygens (including phenoxy) is 2. The van der Waals surface area contributed by atoms with Gasteiger partial charge in [0.25, 0.3) is 0 Å². The second-order valence-electron chi connectivity index (χ2n) is 5.83. The van der Waals surface area contributed by atoms with Crippen molar-refractivity contribution in [1.82, 2.24) is 4.98 Å². The van der Waals surface area contributed by atoms with Gasteiger partial charge in [0.1, 0.15) is 22.1 Å². The number of anilines is 1. The highest BCUT2D eigenvalue weighted by molar-refractivity contribution is 7.87. The highest BCUT2D eigenvalue weighted by atomic mass is 32.2. The van der Waals surface area contributed by atoms with Gasteiger partial charge in [-0.05, 0) is 36.4 Å². The molecule has 0 saturated heterocycles. The van der Waals surface area contributed by atoms with Gasteiger partial charge in [-0.3, -0.25) is 4.79 Å². The molecule has 0 fully saturated rings. The average Bonchev–Trinajstić information content (AvgIpc) is 2.68. The standard InChI is InChI=1S/C20H18N2O6S/c1-14(23)22-18-13-17(9-10-19(18)26-2)29(24,25)28-16-7-5-6-15(12-16)27-20-8-3-4-11-21-20/h3-13H,1-2H3,(H,22,23). The maximum absolute atomic E-state index is 12.7. The molecule has 1 aromatic heterocycles. The monoisotopic (exact) mass is 414 g/mol. The van der Waals surface area contributed by atoms with Gasteiger partial charge in [-0.2, -0.15) is 8.42 Å². The number of amides is 1. The van der Waals surface area contributed by atoms with Crippen molar-refractivity contribution in [3.63, 3.8) is 0 Å². The Morgan fingerprint density at radius 1 is 1.00 bits per heavy atom. The minimum atomic E-state index is -4.16. The van der Waals surface area contributed by atoms with Gasteiger partial charge in [0, 0.05) is 25.3 Å². The van der Waals surface area contributed by atoms with E-state index in [1.54, 1.807) is 36.5 Å². The van der Waals surface area contributed by atoms with Gasteiger partial charge in [0.15, 0.2) is 0 Å². The van der Waals surface area contributed by atoms with Crippen molar-refractivity contribution in [3.8, 4) is 23.1 Å². The summed E-state index contributed by atoms with van der Waals surface area (Å²) in [5, 5.41) is 2.53. The Morgan fingerprint density at radius 2 is 1.79 bits per heavy atom. The fourth-order valence-corrected chi connectivity index (χ4v) is 3.37. The summed E-state index contributed by atoms with van der Waals surface area (Å²) in [6.07, 6.45) is 1.58. The third kappa shape index (κ3) is 5.23. The number of carbonyl (C=O) groups excluding carboxylic acids is 1. The number of pyridine rings is 1. The molecule has 1 N–H and O–H groups in total. The maximum atomic E-state index is 12.7. The maximum Gasteiger partial charge on any atom is 0.339 e. The van der Waals surface area contributed by atoms with E-state index in [1.807, 2.05) is 0 Å². The molecular weight excluding hydrogens is 396 g/mol. The molecule has 9 heteroatoms. The highest BCUT2D eigenvalue weighted by Crippen LogP contribution is 2.30. The summed E-state index contributed by atoms with van der Waals surface area (Å²) in [5.41, 5.74) is 0.219. The lowest BCUT2D eigenvalue weighted by Crippen LogP contribution is -2.12. The van der Waals surface area contributed by atoms with Gasteiger partial charge in [0.05, 0.1) is 12.8 Å². The lowest BCUT2D eigenvalue weighted by Gasteiger charge is -2.12.